The summed E-state index contributed by atoms with van der Waals surface area (Å²) in [6.07, 6.45) is 2.52. The van der Waals surface area contributed by atoms with E-state index in [1.807, 2.05) is 0 Å². The van der Waals surface area contributed by atoms with Crippen LogP contribution in [-0.2, 0) is 4.84 Å². The average Bonchev–Trinajstić information content (AvgIpc) is 2.59. The largest absolute Gasteiger partial charge is 0.293 e. The Morgan fingerprint density at radius 3 is 2.57 bits per heavy atom. The molecule has 1 saturated heterocycles. The van der Waals surface area contributed by atoms with E-state index >= 15 is 0 Å². The van der Waals surface area contributed by atoms with E-state index in [0.717, 1.165) is 0 Å². The van der Waals surface area contributed by atoms with Crippen molar-refractivity contribution in [2.75, 3.05) is 7.05 Å². The zero-order chi connectivity index (χ0) is 15.4. The molecule has 1 saturated carbocycles. The molecular formula is C19H29NO. The number of nitrogens with zero attached hydrogens (tertiary/aromatic N) is 1. The second-order valence-corrected chi connectivity index (χ2v) is 7.84. The normalized spacial score (nSPS) is 35.7. The summed E-state index contributed by atoms with van der Waals surface area (Å²) in [5.74, 6) is 1.98. The van der Waals surface area contributed by atoms with E-state index in [9.17, 15) is 0 Å². The molecule has 0 amide bonds. The van der Waals surface area contributed by atoms with E-state index < -0.39 is 0 Å². The van der Waals surface area contributed by atoms with Crippen molar-refractivity contribution in [3.05, 3.63) is 34.9 Å². The average molecular weight is 287 g/mol. The molecule has 0 bridgehead atoms. The highest BCUT2D eigenvalue weighted by molar-refractivity contribution is 5.34. The Bertz CT molecular complexity index is 536. The van der Waals surface area contributed by atoms with Crippen LogP contribution in [0.2, 0.25) is 0 Å². The van der Waals surface area contributed by atoms with Gasteiger partial charge in [-0.1, -0.05) is 30.7 Å². The summed E-state index contributed by atoms with van der Waals surface area (Å²) in [7, 11) is 2.11. The lowest BCUT2D eigenvalue weighted by Gasteiger charge is -2.40. The van der Waals surface area contributed by atoms with Crippen LogP contribution in [0.1, 0.15) is 56.2 Å². The Morgan fingerprint density at radius 2 is 1.90 bits per heavy atom. The van der Waals surface area contributed by atoms with E-state index in [2.05, 4.69) is 64.9 Å². The van der Waals surface area contributed by atoms with Gasteiger partial charge in [-0.25, -0.2) is 0 Å². The molecule has 0 unspecified atom stereocenters. The van der Waals surface area contributed by atoms with Crippen molar-refractivity contribution in [2.24, 2.45) is 11.8 Å². The van der Waals surface area contributed by atoms with Crippen LogP contribution in [0.15, 0.2) is 18.2 Å². The Hall–Kier alpha value is -0.860. The van der Waals surface area contributed by atoms with Gasteiger partial charge >= 0.3 is 0 Å². The molecule has 0 radical (unpaired) electrons. The summed E-state index contributed by atoms with van der Waals surface area (Å²) >= 11 is 0. The van der Waals surface area contributed by atoms with Crippen molar-refractivity contribution in [1.29, 1.82) is 0 Å². The summed E-state index contributed by atoms with van der Waals surface area (Å²) < 4.78 is 0. The van der Waals surface area contributed by atoms with Crippen LogP contribution in [0.25, 0.3) is 0 Å². The summed E-state index contributed by atoms with van der Waals surface area (Å²) in [6.45, 7) is 11.4. The minimum absolute atomic E-state index is 0.0368. The van der Waals surface area contributed by atoms with Crippen LogP contribution in [0.5, 0.6) is 0 Å². The van der Waals surface area contributed by atoms with Gasteiger partial charge in [0.15, 0.2) is 0 Å². The van der Waals surface area contributed by atoms with Crippen molar-refractivity contribution in [3.8, 4) is 0 Å². The number of hydroxylamine groups is 2. The second kappa shape index (κ2) is 5.10. The summed E-state index contributed by atoms with van der Waals surface area (Å²) in [5.41, 5.74) is 4.33. The summed E-state index contributed by atoms with van der Waals surface area (Å²) in [4.78, 5) is 6.13. The molecule has 116 valence electrons. The predicted molar refractivity (Wildman–Crippen MR) is 87.3 cm³/mol. The van der Waals surface area contributed by atoms with Gasteiger partial charge in [0.2, 0.25) is 0 Å². The Balaban J connectivity index is 1.90. The Morgan fingerprint density at radius 1 is 1.19 bits per heavy atom. The van der Waals surface area contributed by atoms with Crippen LogP contribution >= 0.6 is 0 Å². The molecule has 4 atom stereocenters. The van der Waals surface area contributed by atoms with Gasteiger partial charge in [0, 0.05) is 19.0 Å². The third-order valence-corrected chi connectivity index (χ3v) is 5.75. The molecule has 0 aromatic heterocycles. The minimum Gasteiger partial charge on any atom is -0.293 e. The third kappa shape index (κ3) is 2.53. The summed E-state index contributed by atoms with van der Waals surface area (Å²) in [6, 6.07) is 7.52. The number of hydrogen-bond acceptors (Lipinski definition) is 2. The van der Waals surface area contributed by atoms with E-state index in [-0.39, 0.29) is 5.60 Å². The lowest BCUT2D eigenvalue weighted by molar-refractivity contribution is -0.182. The van der Waals surface area contributed by atoms with E-state index in [1.165, 1.54) is 24.0 Å². The van der Waals surface area contributed by atoms with E-state index in [1.54, 1.807) is 5.56 Å². The number of aryl methyl sites for hydroxylation is 2. The zero-order valence-corrected chi connectivity index (χ0v) is 14.3. The minimum atomic E-state index is -0.0368. The fourth-order valence-corrected chi connectivity index (χ4v) is 4.87. The van der Waals surface area contributed by atoms with E-state index in [4.69, 9.17) is 4.84 Å². The Kier molecular flexibility index (Phi) is 3.66. The molecule has 1 aliphatic heterocycles. The highest BCUT2D eigenvalue weighted by atomic mass is 16.7. The van der Waals surface area contributed by atoms with Crippen molar-refractivity contribution >= 4 is 0 Å². The highest BCUT2D eigenvalue weighted by Gasteiger charge is 2.52. The van der Waals surface area contributed by atoms with Gasteiger partial charge in [0.25, 0.3) is 0 Å². The van der Waals surface area contributed by atoms with Crippen LogP contribution < -0.4 is 0 Å². The lowest BCUT2D eigenvalue weighted by Crippen LogP contribution is -2.42. The molecule has 0 spiro atoms. The van der Waals surface area contributed by atoms with Crippen LogP contribution in [0, 0.1) is 25.7 Å². The van der Waals surface area contributed by atoms with E-state index in [0.29, 0.717) is 23.8 Å². The molecular weight excluding hydrogens is 258 g/mol. The van der Waals surface area contributed by atoms with Gasteiger partial charge < -0.3 is 0 Å². The van der Waals surface area contributed by atoms with Gasteiger partial charge in [-0.3, -0.25) is 4.84 Å². The van der Waals surface area contributed by atoms with Gasteiger partial charge in [-0.15, -0.1) is 0 Å². The number of rotatable bonds is 1. The molecule has 21 heavy (non-hydrogen) atoms. The fraction of sp³-hybridized carbons (Fsp3) is 0.684. The predicted octanol–water partition coefficient (Wildman–Crippen LogP) is 4.46. The van der Waals surface area contributed by atoms with Crippen molar-refractivity contribution in [3.63, 3.8) is 0 Å². The molecule has 1 heterocycles. The van der Waals surface area contributed by atoms with Crippen molar-refractivity contribution in [2.45, 2.75) is 65.0 Å². The quantitative estimate of drug-likeness (QED) is 0.756. The molecule has 2 nitrogen and oxygen atoms in total. The molecule has 1 aromatic rings. The van der Waals surface area contributed by atoms with Crippen molar-refractivity contribution < 1.29 is 4.84 Å². The molecule has 3 rings (SSSR count). The van der Waals surface area contributed by atoms with Gasteiger partial charge in [-0.2, -0.15) is 5.06 Å². The zero-order valence-electron chi connectivity index (χ0n) is 14.3. The maximum Gasteiger partial charge on any atom is 0.0887 e. The number of hydrogen-bond donors (Lipinski definition) is 0. The first-order valence-corrected chi connectivity index (χ1v) is 8.28. The summed E-state index contributed by atoms with van der Waals surface area (Å²) in [5, 5.41) is 2.13. The maximum atomic E-state index is 6.13. The molecule has 1 aromatic carbocycles. The first-order valence-electron chi connectivity index (χ1n) is 8.28. The van der Waals surface area contributed by atoms with Gasteiger partial charge in [0.1, 0.15) is 0 Å². The highest BCUT2D eigenvalue weighted by Crippen LogP contribution is 2.50. The molecule has 0 N–H and O–H groups in total. The second-order valence-electron chi connectivity index (χ2n) is 7.84. The van der Waals surface area contributed by atoms with Gasteiger partial charge in [0.05, 0.1) is 5.60 Å². The van der Waals surface area contributed by atoms with Crippen LogP contribution in [0.4, 0.5) is 0 Å². The fourth-order valence-electron chi connectivity index (χ4n) is 4.87. The lowest BCUT2D eigenvalue weighted by atomic mass is 9.65. The SMILES string of the molecule is Cc1ccc([C@H]2C[C@@H]3[C@@H]([C@@H](C)C2)N(C)OC3(C)C)c(C)c1. The monoisotopic (exact) mass is 287 g/mol. The molecule has 2 aliphatic rings. The molecule has 2 fully saturated rings. The standard InChI is InChI=1S/C19H29NO/c1-12-7-8-16(13(2)9-12)15-10-14(3)18-17(11-15)19(4,5)21-20(18)6/h7-9,14-15,17-18H,10-11H2,1-6H3/t14-,15+,17+,18+/m0/s1. The molecule has 1 aliphatic carbocycles. The number of benzene rings is 1. The van der Waals surface area contributed by atoms with Crippen LogP contribution in [0.3, 0.4) is 0 Å². The topological polar surface area (TPSA) is 12.5 Å². The van der Waals surface area contributed by atoms with Gasteiger partial charge in [-0.05, 0) is 63.5 Å². The Labute approximate surface area is 129 Å². The smallest absolute Gasteiger partial charge is 0.0887 e. The first-order chi connectivity index (χ1) is 9.79. The first kappa shape index (κ1) is 15.1. The maximum absolute atomic E-state index is 6.13. The molecule has 2 heteroatoms. The van der Waals surface area contributed by atoms with Crippen molar-refractivity contribution in [1.82, 2.24) is 5.06 Å². The third-order valence-electron chi connectivity index (χ3n) is 5.75. The van der Waals surface area contributed by atoms with Crippen LogP contribution in [-0.4, -0.2) is 23.8 Å². The number of fused-ring (bicyclic) bond motifs is 1.